The third kappa shape index (κ3) is 3.35. The van der Waals surface area contributed by atoms with E-state index in [0.717, 1.165) is 5.56 Å². The predicted molar refractivity (Wildman–Crippen MR) is 64.2 cm³/mol. The summed E-state index contributed by atoms with van der Waals surface area (Å²) in [5.41, 5.74) is 5.78. The van der Waals surface area contributed by atoms with Crippen LogP contribution in [0.3, 0.4) is 0 Å². The molecule has 3 heteroatoms. The summed E-state index contributed by atoms with van der Waals surface area (Å²) in [4.78, 5) is 11.2. The van der Waals surface area contributed by atoms with E-state index in [9.17, 15) is 9.90 Å². The molecule has 16 heavy (non-hydrogen) atoms. The maximum atomic E-state index is 11.2. The van der Waals surface area contributed by atoms with E-state index < -0.39 is 11.5 Å². The summed E-state index contributed by atoms with van der Waals surface area (Å²) in [7, 11) is 0. The van der Waals surface area contributed by atoms with Crippen LogP contribution in [-0.4, -0.2) is 16.6 Å². The molecule has 0 amide bonds. The molecule has 0 spiro atoms. The first kappa shape index (κ1) is 12.7. The van der Waals surface area contributed by atoms with Gasteiger partial charge in [0.2, 0.25) is 0 Å². The van der Waals surface area contributed by atoms with Crippen LogP contribution in [0.1, 0.15) is 25.8 Å². The van der Waals surface area contributed by atoms with Gasteiger partial charge in [0.1, 0.15) is 5.54 Å². The smallest absolute Gasteiger partial charge is 0.324 e. The summed E-state index contributed by atoms with van der Waals surface area (Å²) in [6, 6.07) is 9.51. The van der Waals surface area contributed by atoms with E-state index in [1.54, 1.807) is 0 Å². The van der Waals surface area contributed by atoms with Crippen molar-refractivity contribution >= 4 is 5.97 Å². The predicted octanol–water partition coefficient (Wildman–Crippen LogP) is 2.06. The van der Waals surface area contributed by atoms with Gasteiger partial charge in [-0.15, -0.1) is 0 Å². The molecule has 0 heterocycles. The topological polar surface area (TPSA) is 63.3 Å². The largest absolute Gasteiger partial charge is 0.480 e. The molecule has 1 rings (SSSR count). The van der Waals surface area contributed by atoms with E-state index in [1.807, 2.05) is 44.2 Å². The Balaban J connectivity index is 2.83. The van der Waals surface area contributed by atoms with Gasteiger partial charge in [-0.2, -0.15) is 0 Å². The highest BCUT2D eigenvalue weighted by molar-refractivity contribution is 5.79. The van der Waals surface area contributed by atoms with Crippen molar-refractivity contribution in [3.63, 3.8) is 0 Å². The maximum Gasteiger partial charge on any atom is 0.324 e. The number of hydrogen-bond donors (Lipinski definition) is 2. The number of benzene rings is 1. The zero-order valence-corrected chi connectivity index (χ0v) is 9.81. The van der Waals surface area contributed by atoms with Gasteiger partial charge in [0.05, 0.1) is 0 Å². The summed E-state index contributed by atoms with van der Waals surface area (Å²) in [5, 5.41) is 9.22. The van der Waals surface area contributed by atoms with Gasteiger partial charge < -0.3 is 10.8 Å². The van der Waals surface area contributed by atoms with Crippen LogP contribution >= 0.6 is 0 Å². The van der Waals surface area contributed by atoms with Crippen molar-refractivity contribution in [1.29, 1.82) is 0 Å². The SMILES string of the molecule is CC(C)C[C@](N)(Cc1ccccc1)C(=O)O. The minimum absolute atomic E-state index is 0.268. The van der Waals surface area contributed by atoms with Crippen LogP contribution in [0, 0.1) is 5.92 Å². The van der Waals surface area contributed by atoms with Gasteiger partial charge in [-0.1, -0.05) is 44.2 Å². The fourth-order valence-corrected chi connectivity index (χ4v) is 1.92. The Morgan fingerprint density at radius 2 is 1.94 bits per heavy atom. The molecular weight excluding hydrogens is 202 g/mol. The van der Waals surface area contributed by atoms with E-state index >= 15 is 0 Å². The number of rotatable bonds is 5. The van der Waals surface area contributed by atoms with Crippen LogP contribution in [0.2, 0.25) is 0 Å². The number of carboxylic acid groups (broad SMARTS) is 1. The van der Waals surface area contributed by atoms with E-state index in [1.165, 1.54) is 0 Å². The average molecular weight is 221 g/mol. The molecule has 88 valence electrons. The molecule has 1 aromatic rings. The van der Waals surface area contributed by atoms with Crippen LogP contribution in [-0.2, 0) is 11.2 Å². The second kappa shape index (κ2) is 5.12. The van der Waals surface area contributed by atoms with Crippen LogP contribution in [0.5, 0.6) is 0 Å². The molecule has 0 unspecified atom stereocenters. The molecule has 0 aliphatic carbocycles. The Bertz CT molecular complexity index is 348. The molecule has 1 atom stereocenters. The first-order valence-electron chi connectivity index (χ1n) is 5.50. The third-order valence-corrected chi connectivity index (χ3v) is 2.56. The van der Waals surface area contributed by atoms with Crippen LogP contribution < -0.4 is 5.73 Å². The summed E-state index contributed by atoms with van der Waals surface area (Å²) < 4.78 is 0. The van der Waals surface area contributed by atoms with Gasteiger partial charge >= 0.3 is 5.97 Å². The van der Waals surface area contributed by atoms with Crippen molar-refractivity contribution in [2.75, 3.05) is 0 Å². The van der Waals surface area contributed by atoms with Crippen molar-refractivity contribution in [2.24, 2.45) is 11.7 Å². The van der Waals surface area contributed by atoms with Crippen molar-refractivity contribution in [3.8, 4) is 0 Å². The first-order valence-corrected chi connectivity index (χ1v) is 5.50. The average Bonchev–Trinajstić information content (AvgIpc) is 2.17. The standard InChI is InChI=1S/C13H19NO2/c1-10(2)8-13(14,12(15)16)9-11-6-4-3-5-7-11/h3-7,10H,8-9,14H2,1-2H3,(H,15,16)/t13-/m0/s1. The van der Waals surface area contributed by atoms with Gasteiger partial charge in [-0.3, -0.25) is 4.79 Å². The van der Waals surface area contributed by atoms with Crippen LogP contribution in [0.15, 0.2) is 30.3 Å². The maximum absolute atomic E-state index is 11.2. The second-order valence-electron chi connectivity index (χ2n) is 4.72. The number of hydrogen-bond acceptors (Lipinski definition) is 2. The van der Waals surface area contributed by atoms with Crippen molar-refractivity contribution in [3.05, 3.63) is 35.9 Å². The molecule has 3 nitrogen and oxygen atoms in total. The molecule has 1 aromatic carbocycles. The lowest BCUT2D eigenvalue weighted by atomic mass is 9.84. The normalized spacial score (nSPS) is 14.8. The molecule has 3 N–H and O–H groups in total. The zero-order chi connectivity index (χ0) is 12.2. The lowest BCUT2D eigenvalue weighted by molar-refractivity contribution is -0.144. The minimum Gasteiger partial charge on any atom is -0.480 e. The highest BCUT2D eigenvalue weighted by Gasteiger charge is 2.34. The minimum atomic E-state index is -1.16. The Hall–Kier alpha value is -1.35. The number of carboxylic acids is 1. The van der Waals surface area contributed by atoms with Crippen molar-refractivity contribution < 1.29 is 9.90 Å². The van der Waals surface area contributed by atoms with Crippen LogP contribution in [0.25, 0.3) is 0 Å². The Labute approximate surface area is 96.3 Å². The molecule has 0 aliphatic heterocycles. The fourth-order valence-electron chi connectivity index (χ4n) is 1.92. The van der Waals surface area contributed by atoms with Gasteiger partial charge in [-0.25, -0.2) is 0 Å². The second-order valence-corrected chi connectivity index (χ2v) is 4.72. The van der Waals surface area contributed by atoms with Gasteiger partial charge in [0.15, 0.2) is 0 Å². The summed E-state index contributed by atoms with van der Waals surface area (Å²) >= 11 is 0. The zero-order valence-electron chi connectivity index (χ0n) is 9.81. The summed E-state index contributed by atoms with van der Waals surface area (Å²) in [6.07, 6.45) is 0.860. The molecule has 0 aliphatic rings. The van der Waals surface area contributed by atoms with E-state index in [0.29, 0.717) is 12.8 Å². The van der Waals surface area contributed by atoms with Crippen LogP contribution in [0.4, 0.5) is 0 Å². The van der Waals surface area contributed by atoms with Crippen molar-refractivity contribution in [2.45, 2.75) is 32.2 Å². The molecule has 0 saturated carbocycles. The third-order valence-electron chi connectivity index (χ3n) is 2.56. The van der Waals surface area contributed by atoms with Gasteiger partial charge in [0.25, 0.3) is 0 Å². The van der Waals surface area contributed by atoms with Gasteiger partial charge in [0, 0.05) is 6.42 Å². The number of nitrogens with two attached hydrogens (primary N) is 1. The Morgan fingerprint density at radius 3 is 2.38 bits per heavy atom. The molecule has 0 fully saturated rings. The summed E-state index contributed by atoms with van der Waals surface area (Å²) in [6.45, 7) is 3.96. The fraction of sp³-hybridized carbons (Fsp3) is 0.462. The lowest BCUT2D eigenvalue weighted by Gasteiger charge is -2.26. The van der Waals surface area contributed by atoms with E-state index in [2.05, 4.69) is 0 Å². The summed E-state index contributed by atoms with van der Waals surface area (Å²) in [5.74, 6) is -0.658. The van der Waals surface area contributed by atoms with Crippen molar-refractivity contribution in [1.82, 2.24) is 0 Å². The quantitative estimate of drug-likeness (QED) is 0.800. The first-order chi connectivity index (χ1) is 7.44. The number of carbonyl (C=O) groups is 1. The lowest BCUT2D eigenvalue weighted by Crippen LogP contribution is -2.50. The molecule has 0 bridgehead atoms. The van der Waals surface area contributed by atoms with E-state index in [4.69, 9.17) is 5.73 Å². The van der Waals surface area contributed by atoms with E-state index in [-0.39, 0.29) is 5.92 Å². The highest BCUT2D eigenvalue weighted by atomic mass is 16.4. The molecule has 0 saturated heterocycles. The number of aliphatic carboxylic acids is 1. The van der Waals surface area contributed by atoms with Gasteiger partial charge in [-0.05, 0) is 17.9 Å². The molecular formula is C13H19NO2. The highest BCUT2D eigenvalue weighted by Crippen LogP contribution is 2.20. The molecule has 0 aromatic heterocycles. The monoisotopic (exact) mass is 221 g/mol. The Morgan fingerprint density at radius 1 is 1.38 bits per heavy atom. The molecule has 0 radical (unpaired) electrons. The Kier molecular flexibility index (Phi) is 4.07.